The van der Waals surface area contributed by atoms with Crippen LogP contribution >= 0.6 is 0 Å². The third-order valence-corrected chi connectivity index (χ3v) is 3.70. The maximum atomic E-state index is 11.8. The van der Waals surface area contributed by atoms with Crippen molar-refractivity contribution in [2.75, 3.05) is 12.3 Å². The third kappa shape index (κ3) is 2.59. The first-order valence-corrected chi connectivity index (χ1v) is 7.14. The topological polar surface area (TPSA) is 116 Å². The molecule has 0 fully saturated rings. The van der Waals surface area contributed by atoms with Crippen LogP contribution in [0.1, 0.15) is 25.8 Å². The number of nitrogens with one attached hydrogen (secondary N) is 1. The number of aromatic nitrogens is 4. The zero-order chi connectivity index (χ0) is 15.7. The van der Waals surface area contributed by atoms with E-state index in [1.807, 2.05) is 16.7 Å². The van der Waals surface area contributed by atoms with Crippen LogP contribution in [0.5, 0.6) is 0 Å². The lowest BCUT2D eigenvalue weighted by Gasteiger charge is -2.14. The van der Waals surface area contributed by atoms with Gasteiger partial charge in [-0.25, -0.2) is 4.98 Å². The number of hydrogen-bond donors (Lipinski definition) is 2. The van der Waals surface area contributed by atoms with Crippen LogP contribution in [0.4, 0.5) is 5.95 Å². The number of hydrogen-bond acceptors (Lipinski definition) is 6. The molecule has 0 aliphatic heterocycles. The standard InChI is InChI=1S/C14H17N5O3/c1-2-10(20)22-6-8-3-4-9(5-8)19-7-16-11-12(19)17-14(15)18-13(11)21/h3-4,7-9H,2,5-6H2,1H3,(H3,15,17,18,21)/t8-,9+/m0/s1. The highest BCUT2D eigenvalue weighted by Crippen LogP contribution is 2.29. The summed E-state index contributed by atoms with van der Waals surface area (Å²) in [5.74, 6) is 0.0119. The maximum Gasteiger partial charge on any atom is 0.305 e. The number of ether oxygens (including phenoxy) is 1. The first kappa shape index (κ1) is 14.3. The lowest BCUT2D eigenvalue weighted by Crippen LogP contribution is -2.14. The molecule has 0 bridgehead atoms. The Morgan fingerprint density at radius 3 is 3.14 bits per heavy atom. The number of rotatable bonds is 4. The fraction of sp³-hybridized carbons (Fsp3) is 0.429. The van der Waals surface area contributed by atoms with Crippen LogP contribution in [-0.4, -0.2) is 32.1 Å². The van der Waals surface area contributed by atoms with Crippen molar-refractivity contribution in [3.05, 3.63) is 28.8 Å². The van der Waals surface area contributed by atoms with E-state index >= 15 is 0 Å². The van der Waals surface area contributed by atoms with Crippen molar-refractivity contribution in [1.29, 1.82) is 0 Å². The molecule has 0 saturated carbocycles. The smallest absolute Gasteiger partial charge is 0.305 e. The largest absolute Gasteiger partial charge is 0.465 e. The molecule has 0 amide bonds. The lowest BCUT2D eigenvalue weighted by molar-refractivity contribution is -0.144. The molecule has 1 aliphatic carbocycles. The number of aromatic amines is 1. The molecule has 2 heterocycles. The summed E-state index contributed by atoms with van der Waals surface area (Å²) < 4.78 is 6.98. The zero-order valence-corrected chi connectivity index (χ0v) is 12.2. The van der Waals surface area contributed by atoms with E-state index in [4.69, 9.17) is 10.5 Å². The predicted octanol–water partition coefficient (Wildman–Crippen LogP) is 0.772. The molecule has 8 nitrogen and oxygen atoms in total. The van der Waals surface area contributed by atoms with E-state index in [-0.39, 0.29) is 35.0 Å². The van der Waals surface area contributed by atoms with Crippen LogP contribution in [0.25, 0.3) is 11.2 Å². The summed E-state index contributed by atoms with van der Waals surface area (Å²) in [4.78, 5) is 33.7. The van der Waals surface area contributed by atoms with E-state index in [1.54, 1.807) is 13.3 Å². The normalized spacial score (nSPS) is 20.6. The highest BCUT2D eigenvalue weighted by atomic mass is 16.5. The summed E-state index contributed by atoms with van der Waals surface area (Å²) in [6.07, 6.45) is 6.73. The van der Waals surface area contributed by atoms with Crippen molar-refractivity contribution in [2.45, 2.75) is 25.8 Å². The zero-order valence-electron chi connectivity index (χ0n) is 12.2. The average Bonchev–Trinajstić information content (AvgIpc) is 3.10. The highest BCUT2D eigenvalue weighted by molar-refractivity contribution is 5.71. The molecule has 2 atom stereocenters. The molecule has 3 N–H and O–H groups in total. The number of H-pyrrole nitrogens is 1. The fourth-order valence-electron chi connectivity index (χ4n) is 2.57. The van der Waals surface area contributed by atoms with Gasteiger partial charge in [-0.1, -0.05) is 19.1 Å². The summed E-state index contributed by atoms with van der Waals surface area (Å²) in [6, 6.07) is 0.0176. The minimum atomic E-state index is -0.350. The SMILES string of the molecule is CCC(=O)OC[C@H]1C=C[C@@H](n2cnc3c(=O)[nH]c(N)nc32)C1. The number of nitrogen functional groups attached to an aromatic ring is 1. The third-order valence-electron chi connectivity index (χ3n) is 3.70. The van der Waals surface area contributed by atoms with E-state index in [2.05, 4.69) is 15.0 Å². The quantitative estimate of drug-likeness (QED) is 0.636. The van der Waals surface area contributed by atoms with Crippen molar-refractivity contribution in [3.63, 3.8) is 0 Å². The van der Waals surface area contributed by atoms with Crippen LogP contribution in [-0.2, 0) is 9.53 Å². The fourth-order valence-corrected chi connectivity index (χ4v) is 2.57. The van der Waals surface area contributed by atoms with E-state index in [1.165, 1.54) is 0 Å². The molecule has 2 aromatic rings. The van der Waals surface area contributed by atoms with Gasteiger partial charge in [0.05, 0.1) is 19.0 Å². The number of anilines is 1. The van der Waals surface area contributed by atoms with Crippen LogP contribution in [0.15, 0.2) is 23.3 Å². The van der Waals surface area contributed by atoms with Gasteiger partial charge in [0, 0.05) is 12.3 Å². The summed E-state index contributed by atoms with van der Waals surface area (Å²) >= 11 is 0. The Kier molecular flexibility index (Phi) is 3.66. The number of allylic oxidation sites excluding steroid dienone is 1. The summed E-state index contributed by atoms with van der Waals surface area (Å²) in [7, 11) is 0. The van der Waals surface area contributed by atoms with Gasteiger partial charge in [0.2, 0.25) is 5.95 Å². The molecule has 3 rings (SSSR count). The van der Waals surface area contributed by atoms with Gasteiger partial charge in [0.25, 0.3) is 5.56 Å². The monoisotopic (exact) mass is 303 g/mol. The minimum Gasteiger partial charge on any atom is -0.465 e. The van der Waals surface area contributed by atoms with Gasteiger partial charge in [-0.3, -0.25) is 14.6 Å². The number of nitrogens with zero attached hydrogens (tertiary/aromatic N) is 3. The Labute approximate surface area is 126 Å². The van der Waals surface area contributed by atoms with E-state index in [0.29, 0.717) is 18.7 Å². The molecule has 22 heavy (non-hydrogen) atoms. The van der Waals surface area contributed by atoms with Crippen LogP contribution < -0.4 is 11.3 Å². The number of nitrogens with two attached hydrogens (primary N) is 1. The second kappa shape index (κ2) is 5.63. The molecule has 0 aromatic carbocycles. The molecular formula is C14H17N5O3. The van der Waals surface area contributed by atoms with Gasteiger partial charge >= 0.3 is 5.97 Å². The van der Waals surface area contributed by atoms with Gasteiger partial charge in [0.1, 0.15) is 0 Å². The Balaban J connectivity index is 1.78. The molecular weight excluding hydrogens is 286 g/mol. The molecule has 0 spiro atoms. The molecule has 0 saturated heterocycles. The van der Waals surface area contributed by atoms with E-state index in [0.717, 1.165) is 6.42 Å². The second-order valence-corrected chi connectivity index (χ2v) is 5.26. The van der Waals surface area contributed by atoms with Crippen LogP contribution in [0.3, 0.4) is 0 Å². The Morgan fingerprint density at radius 2 is 2.36 bits per heavy atom. The van der Waals surface area contributed by atoms with Gasteiger partial charge in [-0.05, 0) is 6.42 Å². The van der Waals surface area contributed by atoms with Crippen molar-refractivity contribution >= 4 is 23.1 Å². The molecule has 116 valence electrons. The molecule has 0 radical (unpaired) electrons. The van der Waals surface area contributed by atoms with Gasteiger partial charge in [-0.15, -0.1) is 0 Å². The van der Waals surface area contributed by atoms with Crippen LogP contribution in [0, 0.1) is 5.92 Å². The van der Waals surface area contributed by atoms with Gasteiger partial charge < -0.3 is 15.0 Å². The lowest BCUT2D eigenvalue weighted by atomic mass is 10.1. The number of fused-ring (bicyclic) bond motifs is 1. The summed E-state index contributed by atoms with van der Waals surface area (Å²) in [5, 5.41) is 0. The van der Waals surface area contributed by atoms with Crippen molar-refractivity contribution in [2.24, 2.45) is 5.92 Å². The number of carbonyl (C=O) groups excluding carboxylic acids is 1. The second-order valence-electron chi connectivity index (χ2n) is 5.26. The number of carbonyl (C=O) groups is 1. The molecule has 0 unspecified atom stereocenters. The molecule has 1 aliphatic rings. The van der Waals surface area contributed by atoms with Crippen molar-refractivity contribution in [3.8, 4) is 0 Å². The van der Waals surface area contributed by atoms with Gasteiger partial charge in [-0.2, -0.15) is 4.98 Å². The number of imidazole rings is 1. The Morgan fingerprint density at radius 1 is 1.55 bits per heavy atom. The highest BCUT2D eigenvalue weighted by Gasteiger charge is 2.23. The first-order valence-electron chi connectivity index (χ1n) is 7.14. The van der Waals surface area contributed by atoms with Crippen molar-refractivity contribution in [1.82, 2.24) is 19.5 Å². The number of esters is 1. The molecule has 2 aromatic heterocycles. The van der Waals surface area contributed by atoms with E-state index in [9.17, 15) is 9.59 Å². The Hall–Kier alpha value is -2.64. The summed E-state index contributed by atoms with van der Waals surface area (Å²) in [6.45, 7) is 2.13. The summed E-state index contributed by atoms with van der Waals surface area (Å²) in [5.41, 5.74) is 5.97. The average molecular weight is 303 g/mol. The van der Waals surface area contributed by atoms with Crippen molar-refractivity contribution < 1.29 is 9.53 Å². The first-order chi connectivity index (χ1) is 10.6. The maximum absolute atomic E-state index is 11.8. The van der Waals surface area contributed by atoms with Gasteiger partial charge in [0.15, 0.2) is 11.2 Å². The predicted molar refractivity (Wildman–Crippen MR) is 80.1 cm³/mol. The van der Waals surface area contributed by atoms with Crippen LogP contribution in [0.2, 0.25) is 0 Å². The van der Waals surface area contributed by atoms with E-state index < -0.39 is 0 Å². The Bertz CT molecular complexity index is 791. The molecule has 8 heteroatoms. The minimum absolute atomic E-state index is 0.0176.